The maximum Gasteiger partial charge on any atom is 0.0847 e. The first-order valence-electron chi connectivity index (χ1n) is 6.57. The number of hydrazine groups is 1. The first-order chi connectivity index (χ1) is 10.1. The van der Waals surface area contributed by atoms with Gasteiger partial charge in [0.25, 0.3) is 0 Å². The third-order valence-corrected chi connectivity index (χ3v) is 4.93. The van der Waals surface area contributed by atoms with Crippen molar-refractivity contribution in [2.75, 3.05) is 0 Å². The van der Waals surface area contributed by atoms with Gasteiger partial charge in [-0.3, -0.25) is 20.9 Å². The van der Waals surface area contributed by atoms with Gasteiger partial charge < -0.3 is 0 Å². The monoisotopic (exact) mass is 321 g/mol. The van der Waals surface area contributed by atoms with Gasteiger partial charge >= 0.3 is 0 Å². The zero-order chi connectivity index (χ0) is 15.0. The largest absolute Gasteiger partial charge is 0.271 e. The second kappa shape index (κ2) is 5.73. The second-order valence-corrected chi connectivity index (χ2v) is 6.29. The van der Waals surface area contributed by atoms with Crippen molar-refractivity contribution in [3.05, 3.63) is 45.7 Å². The van der Waals surface area contributed by atoms with Gasteiger partial charge in [0.1, 0.15) is 0 Å². The molecule has 21 heavy (non-hydrogen) atoms. The van der Waals surface area contributed by atoms with Crippen molar-refractivity contribution < 1.29 is 0 Å². The Bertz CT molecular complexity index is 779. The van der Waals surface area contributed by atoms with Crippen LogP contribution < -0.4 is 11.3 Å². The Kier molecular flexibility index (Phi) is 3.95. The standard InChI is InChI=1S/C14H16ClN5S/c1-8-14(15)12(20(2)19-8)6-11(18-16)9-5-13-10(17-7-9)3-4-21-13/h3-5,7,11,18H,6,16H2,1-2H3. The summed E-state index contributed by atoms with van der Waals surface area (Å²) in [4.78, 5) is 4.46. The molecule has 3 aromatic rings. The Hall–Kier alpha value is -1.47. The second-order valence-electron chi connectivity index (χ2n) is 4.97. The minimum Gasteiger partial charge on any atom is -0.271 e. The van der Waals surface area contributed by atoms with Crippen LogP contribution in [0.1, 0.15) is 23.0 Å². The molecule has 3 N–H and O–H groups in total. The van der Waals surface area contributed by atoms with Crippen molar-refractivity contribution in [1.82, 2.24) is 20.2 Å². The number of hydrogen-bond acceptors (Lipinski definition) is 5. The van der Waals surface area contributed by atoms with Gasteiger partial charge in [-0.25, -0.2) is 0 Å². The first-order valence-corrected chi connectivity index (χ1v) is 7.83. The molecule has 0 aromatic carbocycles. The fourth-order valence-electron chi connectivity index (χ4n) is 2.42. The number of nitrogens with zero attached hydrogens (tertiary/aromatic N) is 3. The molecule has 7 heteroatoms. The average molecular weight is 322 g/mol. The number of nitrogens with two attached hydrogens (primary N) is 1. The molecule has 0 fully saturated rings. The fourth-order valence-corrected chi connectivity index (χ4v) is 3.45. The maximum atomic E-state index is 6.31. The van der Waals surface area contributed by atoms with Crippen LogP contribution in [0.5, 0.6) is 0 Å². The number of halogens is 1. The lowest BCUT2D eigenvalue weighted by molar-refractivity contribution is 0.529. The molecule has 1 atom stereocenters. The van der Waals surface area contributed by atoms with Crippen molar-refractivity contribution in [3.63, 3.8) is 0 Å². The molecule has 0 aliphatic heterocycles. The predicted octanol–water partition coefficient (Wildman–Crippen LogP) is 2.74. The van der Waals surface area contributed by atoms with Crippen molar-refractivity contribution in [1.29, 1.82) is 0 Å². The molecule has 3 rings (SSSR count). The van der Waals surface area contributed by atoms with E-state index in [1.54, 1.807) is 16.0 Å². The van der Waals surface area contributed by atoms with Crippen molar-refractivity contribution >= 4 is 33.2 Å². The Balaban J connectivity index is 1.94. The summed E-state index contributed by atoms with van der Waals surface area (Å²) < 4.78 is 2.96. The van der Waals surface area contributed by atoms with Gasteiger partial charge in [-0.1, -0.05) is 11.6 Å². The van der Waals surface area contributed by atoms with Crippen LogP contribution in [0.15, 0.2) is 23.7 Å². The SMILES string of the molecule is Cc1nn(C)c(CC(NN)c2cnc3ccsc3c2)c1Cl. The van der Waals surface area contributed by atoms with Gasteiger partial charge in [-0.2, -0.15) is 5.10 Å². The van der Waals surface area contributed by atoms with Crippen LogP contribution in [0.25, 0.3) is 10.2 Å². The molecule has 3 heterocycles. The van der Waals surface area contributed by atoms with Gasteiger partial charge in [-0.05, 0) is 30.0 Å². The summed E-state index contributed by atoms with van der Waals surface area (Å²) >= 11 is 7.99. The number of nitrogens with one attached hydrogen (secondary N) is 1. The Morgan fingerprint density at radius 1 is 1.52 bits per heavy atom. The molecule has 5 nitrogen and oxygen atoms in total. The van der Waals surface area contributed by atoms with E-state index >= 15 is 0 Å². The maximum absolute atomic E-state index is 6.31. The van der Waals surface area contributed by atoms with Crippen molar-refractivity contribution in [3.8, 4) is 0 Å². The third kappa shape index (κ3) is 2.67. The number of hydrogen-bond donors (Lipinski definition) is 2. The molecule has 0 radical (unpaired) electrons. The van der Waals surface area contributed by atoms with E-state index in [4.69, 9.17) is 17.4 Å². The molecule has 110 valence electrons. The highest BCUT2D eigenvalue weighted by Gasteiger charge is 2.18. The topological polar surface area (TPSA) is 68.8 Å². The lowest BCUT2D eigenvalue weighted by Crippen LogP contribution is -2.30. The zero-order valence-electron chi connectivity index (χ0n) is 11.8. The van der Waals surface area contributed by atoms with Gasteiger partial charge in [0.15, 0.2) is 0 Å². The van der Waals surface area contributed by atoms with E-state index in [1.165, 1.54) is 0 Å². The number of thiophene rings is 1. The third-order valence-electron chi connectivity index (χ3n) is 3.59. The predicted molar refractivity (Wildman–Crippen MR) is 86.3 cm³/mol. The highest BCUT2D eigenvalue weighted by molar-refractivity contribution is 7.17. The van der Waals surface area contributed by atoms with Crippen LogP contribution in [-0.2, 0) is 13.5 Å². The van der Waals surface area contributed by atoms with Crippen LogP contribution in [-0.4, -0.2) is 14.8 Å². The fraction of sp³-hybridized carbons (Fsp3) is 0.286. The molecule has 1 unspecified atom stereocenters. The average Bonchev–Trinajstić information content (AvgIpc) is 3.03. The molecule has 3 aromatic heterocycles. The summed E-state index contributed by atoms with van der Waals surface area (Å²) in [5, 5.41) is 7.07. The molecule has 0 amide bonds. The van der Waals surface area contributed by atoms with E-state index in [2.05, 4.69) is 21.6 Å². The highest BCUT2D eigenvalue weighted by atomic mass is 35.5. The highest BCUT2D eigenvalue weighted by Crippen LogP contribution is 2.27. The molecule has 0 spiro atoms. The molecule has 0 saturated carbocycles. The van der Waals surface area contributed by atoms with Crippen LogP contribution in [0.2, 0.25) is 5.02 Å². The van der Waals surface area contributed by atoms with E-state index in [0.717, 1.165) is 27.2 Å². The van der Waals surface area contributed by atoms with Gasteiger partial charge in [0.05, 0.1) is 32.7 Å². The number of aromatic nitrogens is 3. The molecule has 0 saturated heterocycles. The van der Waals surface area contributed by atoms with Gasteiger partial charge in [-0.15, -0.1) is 11.3 Å². The van der Waals surface area contributed by atoms with Crippen LogP contribution in [0.4, 0.5) is 0 Å². The van der Waals surface area contributed by atoms with E-state index < -0.39 is 0 Å². The summed E-state index contributed by atoms with van der Waals surface area (Å²) in [5.74, 6) is 5.73. The summed E-state index contributed by atoms with van der Waals surface area (Å²) in [6.07, 6.45) is 2.52. The minimum atomic E-state index is -0.0590. The number of rotatable bonds is 4. The van der Waals surface area contributed by atoms with Crippen molar-refractivity contribution in [2.45, 2.75) is 19.4 Å². The van der Waals surface area contributed by atoms with Gasteiger partial charge in [0, 0.05) is 19.7 Å². The summed E-state index contributed by atoms with van der Waals surface area (Å²) in [5.41, 5.74) is 6.70. The zero-order valence-corrected chi connectivity index (χ0v) is 13.4. The molecule has 0 aliphatic rings. The lowest BCUT2D eigenvalue weighted by atomic mass is 10.0. The first kappa shape index (κ1) is 14.5. The van der Waals surface area contributed by atoms with Crippen LogP contribution in [0.3, 0.4) is 0 Å². The molecule has 0 aliphatic carbocycles. The van der Waals surface area contributed by atoms with Crippen LogP contribution in [0, 0.1) is 6.92 Å². The van der Waals surface area contributed by atoms with E-state index in [-0.39, 0.29) is 6.04 Å². The number of fused-ring (bicyclic) bond motifs is 1. The lowest BCUT2D eigenvalue weighted by Gasteiger charge is -2.16. The molecular weight excluding hydrogens is 306 g/mol. The Morgan fingerprint density at radius 2 is 2.33 bits per heavy atom. The smallest absolute Gasteiger partial charge is 0.0847 e. The van der Waals surface area contributed by atoms with E-state index in [0.29, 0.717) is 11.4 Å². The van der Waals surface area contributed by atoms with E-state index in [1.807, 2.05) is 31.6 Å². The van der Waals surface area contributed by atoms with Crippen LogP contribution >= 0.6 is 22.9 Å². The number of aryl methyl sites for hydroxylation is 2. The van der Waals surface area contributed by atoms with Gasteiger partial charge in [0.2, 0.25) is 0 Å². The summed E-state index contributed by atoms with van der Waals surface area (Å²) in [7, 11) is 1.89. The van der Waals surface area contributed by atoms with E-state index in [9.17, 15) is 0 Å². The normalized spacial score (nSPS) is 13.0. The quantitative estimate of drug-likeness (QED) is 0.572. The summed E-state index contributed by atoms with van der Waals surface area (Å²) in [6, 6.07) is 4.07. The Labute approximate surface area is 131 Å². The Morgan fingerprint density at radius 3 is 3.00 bits per heavy atom. The molecular formula is C14H16ClN5S. The minimum absolute atomic E-state index is 0.0590. The molecule has 0 bridgehead atoms. The summed E-state index contributed by atoms with van der Waals surface area (Å²) in [6.45, 7) is 1.90. The van der Waals surface area contributed by atoms with Crippen molar-refractivity contribution in [2.24, 2.45) is 12.9 Å². The number of pyridine rings is 1.